The van der Waals surface area contributed by atoms with Gasteiger partial charge in [0, 0.05) is 72.0 Å². The Morgan fingerprint density at radius 2 is 0.920 bits per heavy atom. The minimum atomic E-state index is -1.23. The van der Waals surface area contributed by atoms with Gasteiger partial charge in [-0.05, 0) is 0 Å². The van der Waals surface area contributed by atoms with Crippen LogP contribution in [0.15, 0.2) is 0 Å². The predicted molar refractivity (Wildman–Crippen MR) is 77.2 cm³/mol. The molecule has 143 valence electrons. The maximum atomic E-state index is 10.9. The standard InChI is InChI=1S/C14H26N4O6.Gd/c19-12(20)9-16-3-1-15-2-4-17(10-13(21)22)6-8-18(7-5-16)11-14(23)24;/h15H,1-11H2,(H,19,20)(H,21,22)(H,23,24);/q;+3/p-3. The van der Waals surface area contributed by atoms with Gasteiger partial charge >= 0.3 is 39.9 Å². The molecule has 1 aliphatic heterocycles. The normalized spacial score (nSPS) is 19.2. The molecule has 1 aliphatic rings. The van der Waals surface area contributed by atoms with Crippen molar-refractivity contribution in [3.05, 3.63) is 0 Å². The van der Waals surface area contributed by atoms with E-state index in [2.05, 4.69) is 5.32 Å². The number of carbonyl (C=O) groups excluding carboxylic acids is 3. The zero-order chi connectivity index (χ0) is 17.9. The number of carbonyl (C=O) groups is 3. The van der Waals surface area contributed by atoms with Crippen molar-refractivity contribution in [2.75, 3.05) is 72.0 Å². The van der Waals surface area contributed by atoms with Gasteiger partial charge in [-0.15, -0.1) is 0 Å². The summed E-state index contributed by atoms with van der Waals surface area (Å²) in [5, 5.41) is 35.6. The molecule has 10 nitrogen and oxygen atoms in total. The van der Waals surface area contributed by atoms with E-state index in [0.29, 0.717) is 52.4 Å². The van der Waals surface area contributed by atoms with Crippen molar-refractivity contribution < 1.29 is 69.6 Å². The SMILES string of the molecule is O=C([O-])CN1CCNCCN(CC(=O)[O-])CCN(CC(=O)[O-])CC1.[Gd+3]. The molecule has 0 saturated carbocycles. The Hall–Kier alpha value is -0.425. The molecule has 0 aromatic rings. The molecule has 25 heavy (non-hydrogen) atoms. The smallest absolute Gasteiger partial charge is 0.549 e. The van der Waals surface area contributed by atoms with E-state index in [1.807, 2.05) is 0 Å². The number of nitrogens with zero attached hydrogens (tertiary/aromatic N) is 3. The van der Waals surface area contributed by atoms with Crippen LogP contribution in [0.2, 0.25) is 0 Å². The first-order valence-corrected chi connectivity index (χ1v) is 7.84. The molecule has 1 heterocycles. The number of carboxylic acids is 3. The number of hydrogen-bond donors (Lipinski definition) is 1. The Bertz CT molecular complexity index is 410. The van der Waals surface area contributed by atoms with Crippen molar-refractivity contribution >= 4 is 17.9 Å². The Kier molecular flexibility index (Phi) is 13.5. The van der Waals surface area contributed by atoms with Gasteiger partial charge < -0.3 is 35.0 Å². The fourth-order valence-electron chi connectivity index (χ4n) is 2.52. The largest absolute Gasteiger partial charge is 3.00 e. The average Bonchev–Trinajstić information content (AvgIpc) is 2.45. The van der Waals surface area contributed by atoms with E-state index in [0.717, 1.165) is 0 Å². The first-order valence-electron chi connectivity index (χ1n) is 7.84. The van der Waals surface area contributed by atoms with Gasteiger partial charge in [0.25, 0.3) is 0 Å². The van der Waals surface area contributed by atoms with E-state index < -0.39 is 17.9 Å². The second-order valence-electron chi connectivity index (χ2n) is 5.69. The number of aliphatic carboxylic acids is 3. The summed E-state index contributed by atoms with van der Waals surface area (Å²) >= 11 is 0. The van der Waals surface area contributed by atoms with Crippen LogP contribution >= 0.6 is 0 Å². The van der Waals surface area contributed by atoms with Crippen molar-refractivity contribution in [1.29, 1.82) is 0 Å². The van der Waals surface area contributed by atoms with Gasteiger partial charge in [0.05, 0.1) is 17.9 Å². The van der Waals surface area contributed by atoms with E-state index >= 15 is 0 Å². The van der Waals surface area contributed by atoms with Crippen LogP contribution in [-0.2, 0) is 14.4 Å². The molecule has 0 atom stereocenters. The van der Waals surface area contributed by atoms with Gasteiger partial charge in [-0.2, -0.15) is 0 Å². The maximum Gasteiger partial charge on any atom is 3.00 e. The quantitative estimate of drug-likeness (QED) is 0.374. The van der Waals surface area contributed by atoms with Gasteiger partial charge in [0.15, 0.2) is 0 Å². The molecule has 0 spiro atoms. The Morgan fingerprint density at radius 1 is 0.640 bits per heavy atom. The molecule has 11 heteroatoms. The van der Waals surface area contributed by atoms with Crippen LogP contribution in [0.1, 0.15) is 0 Å². The summed E-state index contributed by atoms with van der Waals surface area (Å²) in [6, 6.07) is 0. The van der Waals surface area contributed by atoms with Gasteiger partial charge in [-0.1, -0.05) is 0 Å². The third-order valence-electron chi connectivity index (χ3n) is 3.73. The van der Waals surface area contributed by atoms with Crippen molar-refractivity contribution in [2.45, 2.75) is 0 Å². The van der Waals surface area contributed by atoms with Crippen LogP contribution in [0.3, 0.4) is 0 Å². The van der Waals surface area contributed by atoms with Crippen molar-refractivity contribution in [1.82, 2.24) is 20.0 Å². The molecule has 0 amide bonds. The second kappa shape index (κ2) is 13.7. The first kappa shape index (κ1) is 24.6. The van der Waals surface area contributed by atoms with Gasteiger partial charge in [-0.3, -0.25) is 14.7 Å². The third-order valence-corrected chi connectivity index (χ3v) is 3.73. The minimum absolute atomic E-state index is 0. The third kappa shape index (κ3) is 12.5. The Morgan fingerprint density at radius 3 is 1.20 bits per heavy atom. The topological polar surface area (TPSA) is 142 Å². The Balaban J connectivity index is 0.00000576. The van der Waals surface area contributed by atoms with Gasteiger partial charge in [0.2, 0.25) is 0 Å². The molecule has 1 rings (SSSR count). The van der Waals surface area contributed by atoms with Crippen LogP contribution in [0.5, 0.6) is 0 Å². The molecule has 1 N–H and O–H groups in total. The summed E-state index contributed by atoms with van der Waals surface area (Å²) in [7, 11) is 0. The van der Waals surface area contributed by atoms with E-state index in [1.54, 1.807) is 14.7 Å². The van der Waals surface area contributed by atoms with E-state index in [4.69, 9.17) is 0 Å². The molecule has 1 fully saturated rings. The summed E-state index contributed by atoms with van der Waals surface area (Å²) in [5.74, 6) is -3.61. The fraction of sp³-hybridized carbons (Fsp3) is 0.786. The maximum absolute atomic E-state index is 10.9. The van der Waals surface area contributed by atoms with Crippen LogP contribution in [0, 0.1) is 39.9 Å². The summed E-state index contributed by atoms with van der Waals surface area (Å²) in [6.07, 6.45) is 0. The van der Waals surface area contributed by atoms with Crippen LogP contribution in [0.4, 0.5) is 0 Å². The predicted octanol–water partition coefficient (Wildman–Crippen LogP) is -6.25. The van der Waals surface area contributed by atoms with E-state index in [-0.39, 0.29) is 59.6 Å². The van der Waals surface area contributed by atoms with Crippen molar-refractivity contribution in [2.24, 2.45) is 0 Å². The molecule has 1 saturated heterocycles. The summed E-state index contributed by atoms with van der Waals surface area (Å²) < 4.78 is 0. The second-order valence-corrected chi connectivity index (χ2v) is 5.69. The van der Waals surface area contributed by atoms with Gasteiger partial charge in [0.1, 0.15) is 0 Å². The van der Waals surface area contributed by atoms with E-state index in [1.165, 1.54) is 0 Å². The van der Waals surface area contributed by atoms with Gasteiger partial charge in [-0.25, -0.2) is 0 Å². The summed E-state index contributed by atoms with van der Waals surface area (Å²) in [4.78, 5) is 37.4. The first-order chi connectivity index (χ1) is 11.4. The molecule has 1 radical (unpaired) electrons. The summed E-state index contributed by atoms with van der Waals surface area (Å²) in [6.45, 7) is 2.65. The zero-order valence-electron chi connectivity index (χ0n) is 13.9. The number of rotatable bonds is 6. The Labute approximate surface area is 178 Å². The number of nitrogens with one attached hydrogen (secondary N) is 1. The molecule has 0 aromatic heterocycles. The minimum Gasteiger partial charge on any atom is -0.549 e. The molecule has 0 unspecified atom stereocenters. The molecule has 0 aliphatic carbocycles. The van der Waals surface area contributed by atoms with Crippen LogP contribution < -0.4 is 20.6 Å². The average molecular weight is 501 g/mol. The van der Waals surface area contributed by atoms with Crippen LogP contribution in [0.25, 0.3) is 0 Å². The number of carboxylic acid groups (broad SMARTS) is 3. The molecular weight excluding hydrogens is 477 g/mol. The monoisotopic (exact) mass is 501 g/mol. The van der Waals surface area contributed by atoms with Crippen molar-refractivity contribution in [3.63, 3.8) is 0 Å². The molecule has 0 bridgehead atoms. The van der Waals surface area contributed by atoms with E-state index in [9.17, 15) is 29.7 Å². The van der Waals surface area contributed by atoms with Crippen molar-refractivity contribution in [3.8, 4) is 0 Å². The zero-order valence-corrected chi connectivity index (χ0v) is 16.2. The molecular formula is C14H23GdN4O6. The fourth-order valence-corrected chi connectivity index (χ4v) is 2.52. The van der Waals surface area contributed by atoms with Crippen LogP contribution in [-0.4, -0.2) is 105 Å². The number of hydrogen-bond acceptors (Lipinski definition) is 10. The summed E-state index contributed by atoms with van der Waals surface area (Å²) in [5.41, 5.74) is 0. The molecule has 0 aromatic carbocycles.